The van der Waals surface area contributed by atoms with E-state index in [4.69, 9.17) is 16.7 Å². The first kappa shape index (κ1) is 18.0. The fourth-order valence-electron chi connectivity index (χ4n) is 3.66. The summed E-state index contributed by atoms with van der Waals surface area (Å²) < 4.78 is 0. The fourth-order valence-corrected chi connectivity index (χ4v) is 3.79. The van der Waals surface area contributed by atoms with E-state index in [1.807, 2.05) is 12.1 Å². The van der Waals surface area contributed by atoms with Crippen LogP contribution in [0.2, 0.25) is 5.02 Å². The van der Waals surface area contributed by atoms with Gasteiger partial charge in [0.1, 0.15) is 6.54 Å². The van der Waals surface area contributed by atoms with Crippen LogP contribution < -0.4 is 4.90 Å². The van der Waals surface area contributed by atoms with Gasteiger partial charge in [0.15, 0.2) is 0 Å². The molecule has 3 aromatic rings. The summed E-state index contributed by atoms with van der Waals surface area (Å²) in [4.78, 5) is 1.60. The lowest BCUT2D eigenvalue weighted by atomic mass is 10.0. The molecule has 0 atom stereocenters. The number of hydrogen-bond donors (Lipinski definition) is 1. The zero-order valence-electron chi connectivity index (χ0n) is 15.7. The smallest absolute Gasteiger partial charge is 0.103 e. The number of nitrogens with zero attached hydrogens (tertiary/aromatic N) is 2. The Morgan fingerprint density at radius 3 is 2.41 bits per heavy atom. The number of quaternary nitrogens is 1. The minimum Gasteiger partial charge on any atom is -0.328 e. The number of benzene rings is 3. The highest BCUT2D eigenvalue weighted by Crippen LogP contribution is 2.16. The van der Waals surface area contributed by atoms with Crippen molar-refractivity contribution in [3.05, 3.63) is 82.9 Å². The Labute approximate surface area is 165 Å². The lowest BCUT2D eigenvalue weighted by Gasteiger charge is -2.31. The van der Waals surface area contributed by atoms with Crippen molar-refractivity contribution in [3.63, 3.8) is 0 Å². The number of fused-ring (bicyclic) bond motifs is 1. The van der Waals surface area contributed by atoms with Gasteiger partial charge in [-0.15, -0.1) is 0 Å². The van der Waals surface area contributed by atoms with Gasteiger partial charge in [-0.25, -0.2) is 0 Å². The van der Waals surface area contributed by atoms with Crippen LogP contribution >= 0.6 is 11.6 Å². The van der Waals surface area contributed by atoms with Gasteiger partial charge in [0.25, 0.3) is 0 Å². The van der Waals surface area contributed by atoms with Gasteiger partial charge in [-0.3, -0.25) is 5.01 Å². The van der Waals surface area contributed by atoms with Crippen LogP contribution in [0.15, 0.2) is 71.8 Å². The molecule has 4 rings (SSSR count). The summed E-state index contributed by atoms with van der Waals surface area (Å²) in [5, 5.41) is 10.4. The number of hydrazone groups is 1. The molecule has 1 heterocycles. The van der Waals surface area contributed by atoms with Crippen LogP contribution in [0.1, 0.15) is 18.1 Å². The maximum Gasteiger partial charge on any atom is 0.103 e. The van der Waals surface area contributed by atoms with Gasteiger partial charge in [0, 0.05) is 10.6 Å². The SMILES string of the molecule is C/C(=N/N1CC[NH+](Cc2ccc(Cl)cc2)CC1)c1ccc2ccccc2c1. The molecule has 0 saturated carbocycles. The quantitative estimate of drug-likeness (QED) is 0.687. The van der Waals surface area contributed by atoms with Crippen molar-refractivity contribution in [2.45, 2.75) is 13.5 Å². The van der Waals surface area contributed by atoms with Crippen molar-refractivity contribution in [1.82, 2.24) is 5.01 Å². The monoisotopic (exact) mass is 378 g/mol. The van der Waals surface area contributed by atoms with E-state index in [-0.39, 0.29) is 0 Å². The summed E-state index contributed by atoms with van der Waals surface area (Å²) >= 11 is 5.98. The zero-order valence-corrected chi connectivity index (χ0v) is 16.4. The lowest BCUT2D eigenvalue weighted by Crippen LogP contribution is -3.13. The van der Waals surface area contributed by atoms with E-state index >= 15 is 0 Å². The molecule has 4 heteroatoms. The molecule has 0 spiro atoms. The molecule has 27 heavy (non-hydrogen) atoms. The van der Waals surface area contributed by atoms with Crippen molar-refractivity contribution in [2.75, 3.05) is 26.2 Å². The summed E-state index contributed by atoms with van der Waals surface area (Å²) in [6.07, 6.45) is 0. The molecule has 3 nitrogen and oxygen atoms in total. The molecule has 0 bridgehead atoms. The molecule has 0 aliphatic carbocycles. The molecule has 0 amide bonds. The van der Waals surface area contributed by atoms with Crippen LogP contribution in [0, 0.1) is 0 Å². The number of hydrogen-bond acceptors (Lipinski definition) is 2. The molecule has 1 N–H and O–H groups in total. The normalized spacial score (nSPS) is 16.1. The minimum atomic E-state index is 0.803. The van der Waals surface area contributed by atoms with Crippen LogP contribution in [0.3, 0.4) is 0 Å². The van der Waals surface area contributed by atoms with Gasteiger partial charge in [-0.1, -0.05) is 60.1 Å². The Morgan fingerprint density at radius 1 is 0.963 bits per heavy atom. The minimum absolute atomic E-state index is 0.803. The third kappa shape index (κ3) is 4.49. The van der Waals surface area contributed by atoms with E-state index in [1.165, 1.54) is 21.9 Å². The molecular weight excluding hydrogens is 354 g/mol. The Morgan fingerprint density at radius 2 is 1.67 bits per heavy atom. The van der Waals surface area contributed by atoms with Crippen LogP contribution in [0.25, 0.3) is 10.8 Å². The molecule has 0 unspecified atom stereocenters. The summed E-state index contributed by atoms with van der Waals surface area (Å²) in [6.45, 7) is 7.37. The second kappa shape index (κ2) is 8.12. The molecule has 0 aromatic heterocycles. The summed E-state index contributed by atoms with van der Waals surface area (Å²) in [5.41, 5.74) is 3.63. The third-order valence-electron chi connectivity index (χ3n) is 5.27. The Bertz CT molecular complexity index is 941. The second-order valence-corrected chi connectivity index (χ2v) is 7.69. The highest BCUT2D eigenvalue weighted by molar-refractivity contribution is 6.30. The van der Waals surface area contributed by atoms with Crippen LogP contribution in [0.4, 0.5) is 0 Å². The Balaban J connectivity index is 1.37. The van der Waals surface area contributed by atoms with E-state index in [1.54, 1.807) is 4.90 Å². The zero-order chi connectivity index (χ0) is 18.6. The van der Waals surface area contributed by atoms with Gasteiger partial charge < -0.3 is 4.90 Å². The highest BCUT2D eigenvalue weighted by atomic mass is 35.5. The molecule has 1 saturated heterocycles. The first-order valence-corrected chi connectivity index (χ1v) is 9.92. The number of piperazine rings is 1. The lowest BCUT2D eigenvalue weighted by molar-refractivity contribution is -0.918. The summed E-state index contributed by atoms with van der Waals surface area (Å²) in [7, 11) is 0. The van der Waals surface area contributed by atoms with Crippen molar-refractivity contribution < 1.29 is 4.90 Å². The Kier molecular flexibility index (Phi) is 5.42. The topological polar surface area (TPSA) is 20.0 Å². The molecule has 1 aliphatic rings. The maximum atomic E-state index is 5.98. The average Bonchev–Trinajstić information content (AvgIpc) is 2.71. The number of halogens is 1. The first-order chi connectivity index (χ1) is 13.2. The van der Waals surface area contributed by atoms with Crippen molar-refractivity contribution >= 4 is 28.1 Å². The van der Waals surface area contributed by atoms with Crippen molar-refractivity contribution in [1.29, 1.82) is 0 Å². The second-order valence-electron chi connectivity index (χ2n) is 7.25. The van der Waals surface area contributed by atoms with E-state index in [9.17, 15) is 0 Å². The first-order valence-electron chi connectivity index (χ1n) is 9.55. The highest BCUT2D eigenvalue weighted by Gasteiger charge is 2.19. The Hall–Kier alpha value is -2.36. The molecule has 1 fully saturated rings. The van der Waals surface area contributed by atoms with E-state index in [0.717, 1.165) is 43.5 Å². The van der Waals surface area contributed by atoms with Gasteiger partial charge >= 0.3 is 0 Å². The summed E-state index contributed by atoms with van der Waals surface area (Å²) in [6, 6.07) is 23.3. The van der Waals surface area contributed by atoms with Gasteiger partial charge in [-0.05, 0) is 41.5 Å². The number of rotatable bonds is 4. The largest absolute Gasteiger partial charge is 0.328 e. The van der Waals surface area contributed by atoms with Crippen molar-refractivity contribution in [3.8, 4) is 0 Å². The molecule has 1 aliphatic heterocycles. The molecule has 3 aromatic carbocycles. The molecular formula is C23H25ClN3+. The molecule has 0 radical (unpaired) electrons. The molecule has 138 valence electrons. The standard InChI is InChI=1S/C23H24ClN3/c1-18(21-9-8-20-4-2-3-5-22(20)16-21)25-27-14-12-26(13-15-27)17-19-6-10-23(24)11-7-19/h2-11,16H,12-15,17H2,1H3/p+1/b25-18-. The van der Waals surface area contributed by atoms with E-state index < -0.39 is 0 Å². The van der Waals surface area contributed by atoms with Gasteiger partial charge in [0.2, 0.25) is 0 Å². The van der Waals surface area contributed by atoms with Crippen LogP contribution in [-0.2, 0) is 6.54 Å². The maximum absolute atomic E-state index is 5.98. The number of nitrogens with one attached hydrogen (secondary N) is 1. The third-order valence-corrected chi connectivity index (χ3v) is 5.52. The van der Waals surface area contributed by atoms with E-state index in [0.29, 0.717) is 0 Å². The van der Waals surface area contributed by atoms with E-state index in [2.05, 4.69) is 66.5 Å². The fraction of sp³-hybridized carbons (Fsp3) is 0.261. The van der Waals surface area contributed by atoms with Gasteiger partial charge in [0.05, 0.1) is 31.9 Å². The predicted molar refractivity (Wildman–Crippen MR) is 114 cm³/mol. The van der Waals surface area contributed by atoms with Crippen molar-refractivity contribution in [2.24, 2.45) is 5.10 Å². The average molecular weight is 379 g/mol. The van der Waals surface area contributed by atoms with Crippen LogP contribution in [-0.4, -0.2) is 36.9 Å². The summed E-state index contributed by atoms with van der Waals surface area (Å²) in [5.74, 6) is 0. The van der Waals surface area contributed by atoms with Gasteiger partial charge in [-0.2, -0.15) is 5.10 Å². The van der Waals surface area contributed by atoms with Crippen LogP contribution in [0.5, 0.6) is 0 Å². The predicted octanol–water partition coefficient (Wildman–Crippen LogP) is 3.62.